The zero-order valence-corrected chi connectivity index (χ0v) is 17.5. The summed E-state index contributed by atoms with van der Waals surface area (Å²) >= 11 is 0. The second-order valence-corrected chi connectivity index (χ2v) is 8.27. The van der Waals surface area contributed by atoms with Crippen molar-refractivity contribution in [2.75, 3.05) is 57.6 Å². The highest BCUT2D eigenvalue weighted by Gasteiger charge is 2.35. The first kappa shape index (κ1) is 18.8. The van der Waals surface area contributed by atoms with Crippen LogP contribution in [0.15, 0.2) is 59.6 Å². The Balaban J connectivity index is 1.32. The fourth-order valence-corrected chi connectivity index (χ4v) is 4.63. The molecule has 160 valence electrons. The third kappa shape index (κ3) is 3.46. The van der Waals surface area contributed by atoms with Crippen LogP contribution in [-0.2, 0) is 4.74 Å². The Bertz CT molecular complexity index is 1090. The molecule has 8 heteroatoms. The second-order valence-electron chi connectivity index (χ2n) is 8.27. The molecule has 1 aromatic heterocycles. The second kappa shape index (κ2) is 7.96. The van der Waals surface area contributed by atoms with Gasteiger partial charge in [-0.1, -0.05) is 42.5 Å². The van der Waals surface area contributed by atoms with Crippen LogP contribution in [0.25, 0.3) is 11.0 Å². The monoisotopic (exact) mass is 417 g/mol. The average molecular weight is 418 g/mol. The normalized spacial score (nSPS) is 22.0. The van der Waals surface area contributed by atoms with Gasteiger partial charge in [-0.3, -0.25) is 19.3 Å². The summed E-state index contributed by atoms with van der Waals surface area (Å²) in [5.41, 5.74) is 3.33. The van der Waals surface area contributed by atoms with E-state index in [0.717, 1.165) is 69.0 Å². The molecule has 0 radical (unpaired) electrons. The molecule has 8 nitrogen and oxygen atoms in total. The first-order valence-corrected chi connectivity index (χ1v) is 11.0. The van der Waals surface area contributed by atoms with E-state index < -0.39 is 0 Å². The molecule has 0 bridgehead atoms. The first-order valence-electron chi connectivity index (χ1n) is 11.0. The Kier molecular flexibility index (Phi) is 4.82. The van der Waals surface area contributed by atoms with Gasteiger partial charge in [0.15, 0.2) is 0 Å². The number of morpholine rings is 1. The van der Waals surface area contributed by atoms with Gasteiger partial charge in [0.2, 0.25) is 11.9 Å². The molecule has 1 N–H and O–H groups in total. The van der Waals surface area contributed by atoms with E-state index >= 15 is 0 Å². The van der Waals surface area contributed by atoms with Gasteiger partial charge >= 0.3 is 0 Å². The van der Waals surface area contributed by atoms with Crippen molar-refractivity contribution in [3.63, 3.8) is 0 Å². The van der Waals surface area contributed by atoms with Crippen LogP contribution < -0.4 is 10.2 Å². The molecule has 3 aliphatic rings. The molecular formula is C23H27N7O. The van der Waals surface area contributed by atoms with E-state index in [4.69, 9.17) is 14.7 Å². The number of nitrogens with zero attached hydrogens (tertiary/aromatic N) is 6. The van der Waals surface area contributed by atoms with Gasteiger partial charge in [-0.15, -0.1) is 0 Å². The lowest BCUT2D eigenvalue weighted by atomic mass is 10.1. The van der Waals surface area contributed by atoms with Gasteiger partial charge in [-0.05, 0) is 17.7 Å². The number of imidazole rings is 1. The van der Waals surface area contributed by atoms with Crippen LogP contribution in [-0.4, -0.2) is 78.0 Å². The summed E-state index contributed by atoms with van der Waals surface area (Å²) in [7, 11) is 0. The SMILES string of the molecule is c1ccc(C2NC3=NCN(CCN4CCOCC4)CN3c3nc4ccccc4n32)cc1. The number of hydrogen-bond acceptors (Lipinski definition) is 7. The van der Waals surface area contributed by atoms with E-state index in [0.29, 0.717) is 6.67 Å². The number of rotatable bonds is 4. The van der Waals surface area contributed by atoms with Crippen molar-refractivity contribution in [2.45, 2.75) is 6.17 Å². The number of ether oxygens (including phenoxy) is 1. The van der Waals surface area contributed by atoms with Crippen molar-refractivity contribution >= 4 is 22.9 Å². The molecule has 1 fully saturated rings. The highest BCUT2D eigenvalue weighted by molar-refractivity contribution is 5.98. The Hall–Kier alpha value is -2.94. The molecule has 3 aromatic rings. The highest BCUT2D eigenvalue weighted by atomic mass is 16.5. The molecule has 0 spiro atoms. The molecule has 6 rings (SSSR count). The minimum atomic E-state index is -0.0292. The predicted octanol–water partition coefficient (Wildman–Crippen LogP) is 1.91. The Morgan fingerprint density at radius 1 is 0.935 bits per heavy atom. The summed E-state index contributed by atoms with van der Waals surface area (Å²) in [6.45, 7) is 7.21. The summed E-state index contributed by atoms with van der Waals surface area (Å²) in [5, 5.41) is 3.68. The van der Waals surface area contributed by atoms with Gasteiger partial charge < -0.3 is 10.1 Å². The van der Waals surface area contributed by atoms with Crippen molar-refractivity contribution in [1.82, 2.24) is 24.7 Å². The predicted molar refractivity (Wildman–Crippen MR) is 121 cm³/mol. The third-order valence-electron chi connectivity index (χ3n) is 6.31. The van der Waals surface area contributed by atoms with E-state index in [9.17, 15) is 0 Å². The van der Waals surface area contributed by atoms with Gasteiger partial charge in [-0.25, -0.2) is 9.98 Å². The number of aliphatic imine (C=N–C) groups is 1. The number of fused-ring (bicyclic) bond motifs is 5. The van der Waals surface area contributed by atoms with Crippen molar-refractivity contribution < 1.29 is 4.74 Å². The molecule has 1 unspecified atom stereocenters. The minimum absolute atomic E-state index is 0.0292. The van der Waals surface area contributed by atoms with E-state index in [1.54, 1.807) is 0 Å². The molecule has 2 aromatic carbocycles. The Morgan fingerprint density at radius 3 is 2.58 bits per heavy atom. The number of benzene rings is 2. The lowest BCUT2D eigenvalue weighted by molar-refractivity contribution is 0.0334. The molecule has 1 atom stereocenters. The highest BCUT2D eigenvalue weighted by Crippen LogP contribution is 2.33. The lowest BCUT2D eigenvalue weighted by Gasteiger charge is -2.42. The standard InChI is InChI=1S/C23H27N7O/c1-2-6-18(7-3-1)21-26-22-24-16-28(11-10-27-12-14-31-15-13-27)17-29(22)23-25-19-8-4-5-9-20(19)30(21)23/h1-9,21H,10-17H2,(H,24,26). The minimum Gasteiger partial charge on any atom is -0.379 e. The molecule has 0 amide bonds. The van der Waals surface area contributed by atoms with Crippen LogP contribution >= 0.6 is 0 Å². The number of anilines is 1. The first-order chi connectivity index (χ1) is 15.4. The van der Waals surface area contributed by atoms with Gasteiger partial charge in [0.25, 0.3) is 0 Å². The summed E-state index contributed by atoms with van der Waals surface area (Å²) in [5.74, 6) is 1.85. The van der Waals surface area contributed by atoms with Crippen LogP contribution in [0, 0.1) is 0 Å². The third-order valence-corrected chi connectivity index (χ3v) is 6.31. The summed E-state index contributed by atoms with van der Waals surface area (Å²) in [6, 6.07) is 18.9. The van der Waals surface area contributed by atoms with Crippen molar-refractivity contribution in [3.8, 4) is 0 Å². The summed E-state index contributed by atoms with van der Waals surface area (Å²) in [4.78, 5) is 17.0. The van der Waals surface area contributed by atoms with Gasteiger partial charge in [0, 0.05) is 26.2 Å². The van der Waals surface area contributed by atoms with Crippen molar-refractivity contribution in [3.05, 3.63) is 60.2 Å². The molecule has 3 aliphatic heterocycles. The smallest absolute Gasteiger partial charge is 0.216 e. The maximum Gasteiger partial charge on any atom is 0.216 e. The van der Waals surface area contributed by atoms with Gasteiger partial charge in [0.1, 0.15) is 6.17 Å². The lowest BCUT2D eigenvalue weighted by Crippen LogP contribution is -2.58. The largest absolute Gasteiger partial charge is 0.379 e. The fourth-order valence-electron chi connectivity index (χ4n) is 4.63. The number of guanidine groups is 1. The Labute approximate surface area is 181 Å². The molecule has 0 aliphatic carbocycles. The van der Waals surface area contributed by atoms with E-state index in [1.165, 1.54) is 5.56 Å². The molecular weight excluding hydrogens is 390 g/mol. The fraction of sp³-hybridized carbons (Fsp3) is 0.391. The molecule has 0 saturated carbocycles. The molecule has 1 saturated heterocycles. The number of nitrogens with one attached hydrogen (secondary N) is 1. The Morgan fingerprint density at radius 2 is 1.71 bits per heavy atom. The molecule has 4 heterocycles. The zero-order chi connectivity index (χ0) is 20.6. The molecule has 31 heavy (non-hydrogen) atoms. The summed E-state index contributed by atoms with van der Waals surface area (Å²) < 4.78 is 7.77. The number of hydrogen-bond donors (Lipinski definition) is 1. The van der Waals surface area contributed by atoms with Gasteiger partial charge in [-0.2, -0.15) is 0 Å². The van der Waals surface area contributed by atoms with Crippen LogP contribution in [0.5, 0.6) is 0 Å². The summed E-state index contributed by atoms with van der Waals surface area (Å²) in [6.07, 6.45) is -0.0292. The van der Waals surface area contributed by atoms with Crippen LogP contribution in [0.2, 0.25) is 0 Å². The van der Waals surface area contributed by atoms with E-state index in [1.807, 2.05) is 6.07 Å². The van der Waals surface area contributed by atoms with Crippen LogP contribution in [0.4, 0.5) is 5.95 Å². The zero-order valence-electron chi connectivity index (χ0n) is 17.5. The maximum atomic E-state index is 5.47. The van der Waals surface area contributed by atoms with Crippen LogP contribution in [0.3, 0.4) is 0 Å². The topological polar surface area (TPSA) is 61.2 Å². The van der Waals surface area contributed by atoms with Gasteiger partial charge in [0.05, 0.1) is 37.6 Å². The van der Waals surface area contributed by atoms with Crippen LogP contribution in [0.1, 0.15) is 11.7 Å². The van der Waals surface area contributed by atoms with Crippen molar-refractivity contribution in [1.29, 1.82) is 0 Å². The average Bonchev–Trinajstić information content (AvgIpc) is 3.23. The number of aromatic nitrogens is 2. The quantitative estimate of drug-likeness (QED) is 0.700. The van der Waals surface area contributed by atoms with Crippen molar-refractivity contribution in [2.24, 2.45) is 4.99 Å². The van der Waals surface area contributed by atoms with E-state index in [2.05, 4.69) is 73.1 Å². The number of para-hydroxylation sites is 2. The van der Waals surface area contributed by atoms with E-state index in [-0.39, 0.29) is 6.17 Å². The maximum absolute atomic E-state index is 5.47.